The van der Waals surface area contributed by atoms with E-state index in [4.69, 9.17) is 0 Å². The molecule has 87 valence electrons. The molecule has 3 radical (unpaired) electrons. The predicted octanol–water partition coefficient (Wildman–Crippen LogP) is 3.10. The van der Waals surface area contributed by atoms with Crippen LogP contribution in [0, 0.1) is 13.1 Å². The van der Waals surface area contributed by atoms with Crippen molar-refractivity contribution in [1.82, 2.24) is 9.38 Å². The van der Waals surface area contributed by atoms with Gasteiger partial charge in [-0.05, 0) is 18.8 Å². The Morgan fingerprint density at radius 1 is 0.947 bits per heavy atom. The quantitative estimate of drug-likeness (QED) is 0.496. The Labute approximate surface area is 188 Å². The first-order chi connectivity index (χ1) is 7.83. The Hall–Kier alpha value is 1.22. The summed E-state index contributed by atoms with van der Waals surface area (Å²) in [5, 5.41) is 0. The Bertz CT molecular complexity index is 599. The number of aryl methyl sites for hydroxylation is 1. The molecule has 2 nitrogen and oxygen atoms in total. The molecule has 3 aromatic rings. The third-order valence-electron chi connectivity index (χ3n) is 2.62. The van der Waals surface area contributed by atoms with Gasteiger partial charge in [0, 0.05) is 98.1 Å². The van der Waals surface area contributed by atoms with Gasteiger partial charge in [0.05, 0.1) is 5.65 Å². The second-order valence-corrected chi connectivity index (χ2v) is 3.87. The van der Waals surface area contributed by atoms with E-state index in [1.54, 1.807) is 0 Å². The van der Waals surface area contributed by atoms with Gasteiger partial charge >= 0.3 is 0 Å². The van der Waals surface area contributed by atoms with Crippen molar-refractivity contribution in [3.8, 4) is 11.3 Å². The number of hydrogen-bond acceptors (Lipinski definition) is 1. The van der Waals surface area contributed by atoms with Gasteiger partial charge < -0.3 is 4.40 Å². The SMILES string of the molecule is Cc1ccc(-c2[c-]n3ccccc3n2)cc1.[Y].[Y].[Y]. The smallest absolute Gasteiger partial charge is 0.0530 e. The van der Waals surface area contributed by atoms with Crippen LogP contribution in [0.15, 0.2) is 48.7 Å². The van der Waals surface area contributed by atoms with E-state index in [-0.39, 0.29) is 98.1 Å². The first-order valence-corrected chi connectivity index (χ1v) is 5.26. The van der Waals surface area contributed by atoms with Gasteiger partial charge in [0.15, 0.2) is 0 Å². The van der Waals surface area contributed by atoms with Gasteiger partial charge in [-0.3, -0.25) is 4.98 Å². The molecular weight excluding hydrogens is 463 g/mol. The fraction of sp³-hybridized carbons (Fsp3) is 0.0714. The van der Waals surface area contributed by atoms with Crippen LogP contribution in [0.4, 0.5) is 0 Å². The van der Waals surface area contributed by atoms with Crippen LogP contribution in [0.2, 0.25) is 0 Å². The number of benzene rings is 1. The third-order valence-corrected chi connectivity index (χ3v) is 2.62. The molecule has 0 bridgehead atoms. The minimum absolute atomic E-state index is 0. The Morgan fingerprint density at radius 3 is 2.26 bits per heavy atom. The van der Waals surface area contributed by atoms with Gasteiger partial charge in [0.1, 0.15) is 0 Å². The molecule has 0 saturated carbocycles. The molecular formula is C14H11N2Y3-. The third kappa shape index (κ3) is 4.87. The van der Waals surface area contributed by atoms with E-state index in [1.807, 2.05) is 28.8 Å². The average Bonchev–Trinajstić information content (AvgIpc) is 2.73. The minimum Gasteiger partial charge on any atom is -0.426 e. The van der Waals surface area contributed by atoms with E-state index < -0.39 is 0 Å². The number of rotatable bonds is 1. The number of hydrogen-bond donors (Lipinski definition) is 0. The summed E-state index contributed by atoms with van der Waals surface area (Å²) in [5.74, 6) is 0. The summed E-state index contributed by atoms with van der Waals surface area (Å²) in [7, 11) is 0. The largest absolute Gasteiger partial charge is 0.426 e. The fourth-order valence-corrected chi connectivity index (χ4v) is 1.71. The topological polar surface area (TPSA) is 17.3 Å². The summed E-state index contributed by atoms with van der Waals surface area (Å²) in [4.78, 5) is 4.52. The van der Waals surface area contributed by atoms with Crippen molar-refractivity contribution >= 4 is 5.65 Å². The normalized spacial score (nSPS) is 9.11. The Morgan fingerprint density at radius 2 is 1.63 bits per heavy atom. The fourth-order valence-electron chi connectivity index (χ4n) is 1.71. The van der Waals surface area contributed by atoms with E-state index in [0.29, 0.717) is 0 Å². The molecule has 0 saturated heterocycles. The van der Waals surface area contributed by atoms with Crippen molar-refractivity contribution in [2.24, 2.45) is 0 Å². The van der Waals surface area contributed by atoms with E-state index in [1.165, 1.54) is 5.56 Å². The molecule has 0 N–H and O–H groups in total. The molecule has 2 heterocycles. The van der Waals surface area contributed by atoms with Crippen LogP contribution in [0.1, 0.15) is 5.56 Å². The molecule has 0 aliphatic heterocycles. The molecule has 0 unspecified atom stereocenters. The van der Waals surface area contributed by atoms with Crippen LogP contribution < -0.4 is 0 Å². The molecule has 0 aliphatic carbocycles. The van der Waals surface area contributed by atoms with Crippen LogP contribution in [0.5, 0.6) is 0 Å². The van der Waals surface area contributed by atoms with Crippen LogP contribution in [-0.2, 0) is 98.1 Å². The summed E-state index contributed by atoms with van der Waals surface area (Å²) in [5.41, 5.74) is 4.19. The molecule has 0 fully saturated rings. The summed E-state index contributed by atoms with van der Waals surface area (Å²) in [6, 6.07) is 14.3. The van der Waals surface area contributed by atoms with Crippen molar-refractivity contribution in [2.45, 2.75) is 6.92 Å². The zero-order valence-corrected chi connectivity index (χ0v) is 19.3. The first kappa shape index (κ1) is 20.2. The molecule has 0 atom stereocenters. The second kappa shape index (κ2) is 9.28. The molecule has 3 rings (SSSR count). The monoisotopic (exact) mass is 474 g/mol. The molecule has 0 amide bonds. The molecule has 0 spiro atoms. The number of nitrogens with zero attached hydrogens (tertiary/aromatic N) is 2. The van der Waals surface area contributed by atoms with Gasteiger partial charge in [0.2, 0.25) is 0 Å². The van der Waals surface area contributed by atoms with Crippen molar-refractivity contribution in [3.05, 3.63) is 60.4 Å². The van der Waals surface area contributed by atoms with Crippen molar-refractivity contribution < 1.29 is 98.1 Å². The summed E-state index contributed by atoms with van der Waals surface area (Å²) >= 11 is 0. The van der Waals surface area contributed by atoms with Crippen molar-refractivity contribution in [3.63, 3.8) is 0 Å². The minimum atomic E-state index is 0. The molecule has 1 aromatic carbocycles. The van der Waals surface area contributed by atoms with Crippen LogP contribution >= 0.6 is 0 Å². The summed E-state index contributed by atoms with van der Waals surface area (Å²) in [6.45, 7) is 2.08. The van der Waals surface area contributed by atoms with E-state index in [9.17, 15) is 0 Å². The number of imidazole rings is 1. The van der Waals surface area contributed by atoms with Crippen LogP contribution in [0.3, 0.4) is 0 Å². The van der Waals surface area contributed by atoms with Gasteiger partial charge in [-0.15, -0.1) is 0 Å². The van der Waals surface area contributed by atoms with Crippen molar-refractivity contribution in [1.29, 1.82) is 0 Å². The van der Waals surface area contributed by atoms with E-state index in [0.717, 1.165) is 16.9 Å². The standard InChI is InChI=1S/C14H11N2.3Y/c1-11-5-7-12(8-6-11)13-10-16-9-3-2-4-14(16)15-13;;;/h2-9H,1H3;;;/q-1;;;. The van der Waals surface area contributed by atoms with Crippen LogP contribution in [-0.4, -0.2) is 9.38 Å². The molecule has 19 heavy (non-hydrogen) atoms. The predicted molar refractivity (Wildman–Crippen MR) is 64.2 cm³/mol. The molecule has 0 aliphatic rings. The maximum atomic E-state index is 4.52. The van der Waals surface area contributed by atoms with Gasteiger partial charge in [0.25, 0.3) is 0 Å². The summed E-state index contributed by atoms with van der Waals surface area (Å²) in [6.07, 6.45) is 5.20. The van der Waals surface area contributed by atoms with Gasteiger partial charge in [-0.25, -0.2) is 0 Å². The van der Waals surface area contributed by atoms with E-state index >= 15 is 0 Å². The molecule has 5 heteroatoms. The van der Waals surface area contributed by atoms with E-state index in [2.05, 4.69) is 42.4 Å². The first-order valence-electron chi connectivity index (χ1n) is 5.26. The average molecular weight is 474 g/mol. The Kier molecular flexibility index (Phi) is 9.88. The number of pyridine rings is 1. The Balaban J connectivity index is 0.00000108. The van der Waals surface area contributed by atoms with Crippen LogP contribution in [0.25, 0.3) is 16.9 Å². The zero-order valence-electron chi connectivity index (χ0n) is 10.7. The van der Waals surface area contributed by atoms with Crippen molar-refractivity contribution in [2.75, 3.05) is 0 Å². The van der Waals surface area contributed by atoms with Gasteiger partial charge in [-0.1, -0.05) is 59.8 Å². The number of aromatic nitrogens is 2. The maximum absolute atomic E-state index is 4.52. The number of fused-ring (bicyclic) bond motifs is 1. The second-order valence-electron chi connectivity index (χ2n) is 3.87. The maximum Gasteiger partial charge on any atom is 0.0530 e. The zero-order chi connectivity index (χ0) is 11.0. The molecule has 2 aromatic heterocycles. The van der Waals surface area contributed by atoms with Gasteiger partial charge in [-0.2, -0.15) is 0 Å². The summed E-state index contributed by atoms with van der Waals surface area (Å²) < 4.78 is 1.91.